The largest absolute Gasteiger partial charge is 0.376 e. The molecule has 0 N–H and O–H groups in total. The van der Waals surface area contributed by atoms with E-state index in [9.17, 15) is 4.79 Å². The van der Waals surface area contributed by atoms with Gasteiger partial charge in [-0.25, -0.2) is 0 Å². The second kappa shape index (κ2) is 4.61. The van der Waals surface area contributed by atoms with E-state index >= 15 is 0 Å². The maximum Gasteiger partial charge on any atom is 0.166 e. The molecule has 92 valence electrons. The van der Waals surface area contributed by atoms with Crippen molar-refractivity contribution >= 4 is 5.78 Å². The van der Waals surface area contributed by atoms with Crippen molar-refractivity contribution in [3.8, 4) is 0 Å². The van der Waals surface area contributed by atoms with Gasteiger partial charge in [-0.2, -0.15) is 0 Å². The van der Waals surface area contributed by atoms with Crippen molar-refractivity contribution in [2.75, 3.05) is 6.61 Å². The molecule has 1 aromatic rings. The molecule has 0 unspecified atom stereocenters. The molecule has 1 aromatic carbocycles. The fourth-order valence-corrected chi connectivity index (χ4v) is 2.49. The zero-order chi connectivity index (χ0) is 12.5. The molecule has 1 heterocycles. The van der Waals surface area contributed by atoms with Gasteiger partial charge in [0, 0.05) is 18.1 Å². The molecule has 0 aromatic heterocycles. The van der Waals surface area contributed by atoms with E-state index in [1.54, 1.807) is 0 Å². The third-order valence-corrected chi connectivity index (χ3v) is 3.37. The average Bonchev–Trinajstić information content (AvgIpc) is 2.26. The summed E-state index contributed by atoms with van der Waals surface area (Å²) in [5.41, 5.74) is 1.82. The minimum absolute atomic E-state index is 0.112. The van der Waals surface area contributed by atoms with Gasteiger partial charge in [-0.15, -0.1) is 0 Å². The van der Waals surface area contributed by atoms with E-state index in [4.69, 9.17) is 4.74 Å². The van der Waals surface area contributed by atoms with Crippen molar-refractivity contribution < 1.29 is 9.53 Å². The maximum absolute atomic E-state index is 12.4. The van der Waals surface area contributed by atoms with Gasteiger partial charge in [-0.3, -0.25) is 4.79 Å². The fourth-order valence-electron chi connectivity index (χ4n) is 2.49. The number of Topliss-reactive ketones (excluding diaryl/α,β-unsaturated/α-hetero) is 1. The van der Waals surface area contributed by atoms with E-state index in [0.29, 0.717) is 6.61 Å². The van der Waals surface area contributed by atoms with Crippen molar-refractivity contribution in [3.63, 3.8) is 0 Å². The lowest BCUT2D eigenvalue weighted by atomic mass is 9.83. The number of carbonyl (C=O) groups excluding carboxylic acids is 1. The molecule has 2 rings (SSSR count). The highest BCUT2D eigenvalue weighted by Gasteiger charge is 2.33. The van der Waals surface area contributed by atoms with Gasteiger partial charge < -0.3 is 4.74 Å². The quantitative estimate of drug-likeness (QED) is 0.731. The topological polar surface area (TPSA) is 26.3 Å². The summed E-state index contributed by atoms with van der Waals surface area (Å²) >= 11 is 0. The second-order valence-corrected chi connectivity index (χ2v) is 5.53. The van der Waals surface area contributed by atoms with Gasteiger partial charge in [-0.1, -0.05) is 23.8 Å². The molecule has 1 fully saturated rings. The normalized spacial score (nSPS) is 23.4. The summed E-state index contributed by atoms with van der Waals surface area (Å²) in [6.45, 7) is 6.82. The Labute approximate surface area is 103 Å². The first-order valence-electron chi connectivity index (χ1n) is 6.23. The summed E-state index contributed by atoms with van der Waals surface area (Å²) in [4.78, 5) is 12.4. The van der Waals surface area contributed by atoms with Crippen LogP contribution in [0, 0.1) is 12.8 Å². The smallest absolute Gasteiger partial charge is 0.166 e. The van der Waals surface area contributed by atoms with Crippen LogP contribution in [0.25, 0.3) is 0 Å². The van der Waals surface area contributed by atoms with Crippen molar-refractivity contribution in [2.24, 2.45) is 5.92 Å². The number of aryl methyl sites for hydroxylation is 1. The molecule has 0 bridgehead atoms. The van der Waals surface area contributed by atoms with Gasteiger partial charge >= 0.3 is 0 Å². The lowest BCUT2D eigenvalue weighted by molar-refractivity contribution is -0.0664. The van der Waals surface area contributed by atoms with Crippen molar-refractivity contribution in [1.82, 2.24) is 0 Å². The van der Waals surface area contributed by atoms with Crippen LogP contribution < -0.4 is 0 Å². The Bertz CT molecular complexity index is 421. The summed E-state index contributed by atoms with van der Waals surface area (Å²) in [6.07, 6.45) is 1.66. The average molecular weight is 232 g/mol. The number of ether oxygens (including phenoxy) is 1. The lowest BCUT2D eigenvalue weighted by Gasteiger charge is -2.34. The van der Waals surface area contributed by atoms with Crippen molar-refractivity contribution in [1.29, 1.82) is 0 Å². The number of rotatable bonds is 2. The van der Waals surface area contributed by atoms with E-state index in [2.05, 4.69) is 13.8 Å². The van der Waals surface area contributed by atoms with Gasteiger partial charge in [-0.05, 0) is 39.7 Å². The number of ketones is 1. The number of carbonyl (C=O) groups is 1. The van der Waals surface area contributed by atoms with E-state index < -0.39 is 0 Å². The van der Waals surface area contributed by atoms with Crippen LogP contribution in [-0.2, 0) is 4.74 Å². The predicted octanol–water partition coefficient (Wildman–Crippen LogP) is 3.38. The number of hydrogen-bond acceptors (Lipinski definition) is 2. The van der Waals surface area contributed by atoms with Crippen LogP contribution in [0.1, 0.15) is 42.6 Å². The Hall–Kier alpha value is -1.15. The molecule has 2 heteroatoms. The minimum Gasteiger partial charge on any atom is -0.376 e. The summed E-state index contributed by atoms with van der Waals surface area (Å²) in [6, 6.07) is 7.86. The van der Waals surface area contributed by atoms with E-state index in [0.717, 1.165) is 24.0 Å². The maximum atomic E-state index is 12.4. The standard InChI is InChI=1S/C15H20O2/c1-11-5-4-6-12(9-11)14(16)13-7-8-17-15(2,3)10-13/h4-6,9,13H,7-8,10H2,1-3H3/t13-/m1/s1. The molecular weight excluding hydrogens is 212 g/mol. The Balaban J connectivity index is 2.15. The molecule has 1 saturated heterocycles. The predicted molar refractivity (Wildman–Crippen MR) is 68.3 cm³/mol. The summed E-state index contributed by atoms with van der Waals surface area (Å²) in [7, 11) is 0. The highest BCUT2D eigenvalue weighted by molar-refractivity contribution is 5.98. The van der Waals surface area contributed by atoms with Crippen molar-refractivity contribution in [3.05, 3.63) is 35.4 Å². The van der Waals surface area contributed by atoms with Crippen LogP contribution >= 0.6 is 0 Å². The van der Waals surface area contributed by atoms with Crippen LogP contribution in [0.5, 0.6) is 0 Å². The van der Waals surface area contributed by atoms with Crippen LogP contribution in [-0.4, -0.2) is 18.0 Å². The third kappa shape index (κ3) is 2.95. The van der Waals surface area contributed by atoms with Crippen LogP contribution in [0.2, 0.25) is 0 Å². The second-order valence-electron chi connectivity index (χ2n) is 5.53. The van der Waals surface area contributed by atoms with Gasteiger partial charge in [0.05, 0.1) is 5.60 Å². The van der Waals surface area contributed by atoms with Crippen LogP contribution in [0.4, 0.5) is 0 Å². The molecule has 0 spiro atoms. The lowest BCUT2D eigenvalue weighted by Crippen LogP contribution is -2.37. The molecule has 1 atom stereocenters. The van der Waals surface area contributed by atoms with E-state index in [1.165, 1.54) is 0 Å². The van der Waals surface area contributed by atoms with Crippen LogP contribution in [0.3, 0.4) is 0 Å². The van der Waals surface area contributed by atoms with E-state index in [1.807, 2.05) is 31.2 Å². The molecule has 0 aliphatic carbocycles. The highest BCUT2D eigenvalue weighted by Crippen LogP contribution is 2.30. The molecule has 1 aliphatic rings. The third-order valence-electron chi connectivity index (χ3n) is 3.37. The van der Waals surface area contributed by atoms with Gasteiger partial charge in [0.2, 0.25) is 0 Å². The summed E-state index contributed by atoms with van der Waals surface area (Å²) in [5.74, 6) is 0.380. The van der Waals surface area contributed by atoms with Gasteiger partial charge in [0.25, 0.3) is 0 Å². The van der Waals surface area contributed by atoms with Crippen LogP contribution in [0.15, 0.2) is 24.3 Å². The molecule has 0 radical (unpaired) electrons. The molecule has 0 saturated carbocycles. The zero-order valence-corrected chi connectivity index (χ0v) is 10.8. The van der Waals surface area contributed by atoms with Gasteiger partial charge in [0.15, 0.2) is 5.78 Å². The Morgan fingerprint density at radius 3 is 2.82 bits per heavy atom. The Morgan fingerprint density at radius 1 is 1.41 bits per heavy atom. The number of benzene rings is 1. The van der Waals surface area contributed by atoms with Crippen molar-refractivity contribution in [2.45, 2.75) is 39.2 Å². The SMILES string of the molecule is Cc1cccc(C(=O)[C@@H]2CCOC(C)(C)C2)c1. The number of hydrogen-bond donors (Lipinski definition) is 0. The first-order chi connectivity index (χ1) is 7.98. The van der Waals surface area contributed by atoms with Gasteiger partial charge in [0.1, 0.15) is 0 Å². The molecular formula is C15H20O2. The first kappa shape index (κ1) is 12.3. The minimum atomic E-state index is -0.164. The fraction of sp³-hybridized carbons (Fsp3) is 0.533. The summed E-state index contributed by atoms with van der Waals surface area (Å²) in [5, 5.41) is 0. The molecule has 2 nitrogen and oxygen atoms in total. The highest BCUT2D eigenvalue weighted by atomic mass is 16.5. The monoisotopic (exact) mass is 232 g/mol. The molecule has 1 aliphatic heterocycles. The Morgan fingerprint density at radius 2 is 2.18 bits per heavy atom. The Kier molecular flexibility index (Phi) is 3.34. The zero-order valence-electron chi connectivity index (χ0n) is 10.8. The molecule has 17 heavy (non-hydrogen) atoms. The van der Waals surface area contributed by atoms with E-state index in [-0.39, 0.29) is 17.3 Å². The first-order valence-corrected chi connectivity index (χ1v) is 6.23. The summed E-state index contributed by atoms with van der Waals surface area (Å²) < 4.78 is 5.65. The molecule has 0 amide bonds.